The Hall–Kier alpha value is -3.79. The highest BCUT2D eigenvalue weighted by atomic mass is 16.1. The van der Waals surface area contributed by atoms with E-state index < -0.39 is 0 Å². The van der Waals surface area contributed by atoms with Gasteiger partial charge in [-0.15, -0.1) is 0 Å². The summed E-state index contributed by atoms with van der Waals surface area (Å²) in [6, 6.07) is 24.5. The van der Waals surface area contributed by atoms with Gasteiger partial charge in [-0.25, -0.2) is 0 Å². The first-order valence-electron chi connectivity index (χ1n) is 10.2. The number of para-hydroxylation sites is 1. The number of hydrogen-bond acceptors (Lipinski definition) is 3. The standard InChI is InChI=1S/C26H19N3O/c30-26-25-18(6-3-8-20(25)19-7-4-13-27-16-19)12-14-29(26)24-15-21(24)23-11-10-17-5-1-2-9-22(17)28-23/h1-14,16,21,24H,15H2. The fourth-order valence-electron chi connectivity index (χ4n) is 4.42. The topological polar surface area (TPSA) is 47.8 Å². The highest BCUT2D eigenvalue weighted by molar-refractivity contribution is 5.95. The van der Waals surface area contributed by atoms with Crippen molar-refractivity contribution in [3.8, 4) is 11.1 Å². The zero-order chi connectivity index (χ0) is 20.1. The normalized spacial score (nSPS) is 18.0. The number of pyridine rings is 3. The molecule has 2 aromatic carbocycles. The quantitative estimate of drug-likeness (QED) is 0.418. The second-order valence-electron chi connectivity index (χ2n) is 7.88. The molecule has 3 heterocycles. The fourth-order valence-corrected chi connectivity index (χ4v) is 4.42. The molecule has 0 radical (unpaired) electrons. The van der Waals surface area contributed by atoms with Crippen LogP contribution >= 0.6 is 0 Å². The van der Waals surface area contributed by atoms with Crippen LogP contribution in [0.2, 0.25) is 0 Å². The van der Waals surface area contributed by atoms with E-state index in [1.54, 1.807) is 6.20 Å². The maximum Gasteiger partial charge on any atom is 0.259 e. The first-order valence-corrected chi connectivity index (χ1v) is 10.2. The molecule has 1 aliphatic rings. The van der Waals surface area contributed by atoms with E-state index in [0.717, 1.165) is 44.9 Å². The minimum Gasteiger partial charge on any atom is -0.311 e. The van der Waals surface area contributed by atoms with E-state index in [4.69, 9.17) is 4.98 Å². The van der Waals surface area contributed by atoms with E-state index in [9.17, 15) is 4.79 Å². The molecule has 0 saturated heterocycles. The predicted molar refractivity (Wildman–Crippen MR) is 120 cm³/mol. The second-order valence-corrected chi connectivity index (χ2v) is 7.88. The lowest BCUT2D eigenvalue weighted by atomic mass is 10.0. The Morgan fingerprint density at radius 1 is 0.867 bits per heavy atom. The number of fused-ring (bicyclic) bond motifs is 2. The molecule has 1 aliphatic carbocycles. The SMILES string of the molecule is O=c1c2c(-c3cccnc3)cccc2ccn1C1CC1c1ccc2ccccc2n1. The van der Waals surface area contributed by atoms with E-state index in [1.807, 2.05) is 71.6 Å². The van der Waals surface area contributed by atoms with Crippen LogP contribution in [0.3, 0.4) is 0 Å². The van der Waals surface area contributed by atoms with Gasteiger partial charge in [-0.1, -0.05) is 48.5 Å². The number of benzene rings is 2. The zero-order valence-electron chi connectivity index (χ0n) is 16.3. The lowest BCUT2D eigenvalue weighted by molar-refractivity contribution is 0.688. The lowest BCUT2D eigenvalue weighted by Crippen LogP contribution is -2.19. The van der Waals surface area contributed by atoms with Gasteiger partial charge in [0.2, 0.25) is 0 Å². The number of nitrogens with zero attached hydrogens (tertiary/aromatic N) is 3. The molecule has 0 aliphatic heterocycles. The van der Waals surface area contributed by atoms with Crippen LogP contribution < -0.4 is 5.56 Å². The Bertz CT molecular complexity index is 1460. The van der Waals surface area contributed by atoms with Crippen molar-refractivity contribution in [1.29, 1.82) is 0 Å². The summed E-state index contributed by atoms with van der Waals surface area (Å²) in [5.41, 5.74) is 4.01. The Kier molecular flexibility index (Phi) is 3.78. The Balaban J connectivity index is 1.43. The Morgan fingerprint density at radius 2 is 1.77 bits per heavy atom. The first-order chi connectivity index (χ1) is 14.8. The minimum absolute atomic E-state index is 0.0558. The van der Waals surface area contributed by atoms with Gasteiger partial charge >= 0.3 is 0 Å². The number of hydrogen-bond donors (Lipinski definition) is 0. The molecule has 0 amide bonds. The third kappa shape index (κ3) is 2.72. The largest absolute Gasteiger partial charge is 0.311 e. The van der Waals surface area contributed by atoms with Crippen LogP contribution in [-0.4, -0.2) is 14.5 Å². The summed E-state index contributed by atoms with van der Waals surface area (Å²) in [6.45, 7) is 0. The molecular formula is C26H19N3O. The van der Waals surface area contributed by atoms with Crippen LogP contribution in [0.15, 0.2) is 96.2 Å². The van der Waals surface area contributed by atoms with Crippen LogP contribution in [-0.2, 0) is 0 Å². The summed E-state index contributed by atoms with van der Waals surface area (Å²) >= 11 is 0. The third-order valence-corrected chi connectivity index (χ3v) is 6.05. The molecule has 30 heavy (non-hydrogen) atoms. The first kappa shape index (κ1) is 17.1. The van der Waals surface area contributed by atoms with Gasteiger partial charge in [0, 0.05) is 47.2 Å². The molecule has 4 nitrogen and oxygen atoms in total. The van der Waals surface area contributed by atoms with Crippen LogP contribution in [0.1, 0.15) is 24.1 Å². The number of aromatic nitrogens is 3. The van der Waals surface area contributed by atoms with Crippen molar-refractivity contribution in [2.75, 3.05) is 0 Å². The summed E-state index contributed by atoms with van der Waals surface area (Å²) < 4.78 is 1.89. The van der Waals surface area contributed by atoms with E-state index in [0.29, 0.717) is 0 Å². The molecule has 0 bridgehead atoms. The van der Waals surface area contributed by atoms with Crippen LogP contribution in [0.25, 0.3) is 32.8 Å². The number of rotatable bonds is 3. The molecule has 0 spiro atoms. The fraction of sp³-hybridized carbons (Fsp3) is 0.115. The summed E-state index contributed by atoms with van der Waals surface area (Å²) in [5, 5.41) is 2.85. The molecule has 0 N–H and O–H groups in total. The minimum atomic E-state index is 0.0558. The van der Waals surface area contributed by atoms with Gasteiger partial charge in [-0.05, 0) is 41.6 Å². The van der Waals surface area contributed by atoms with Crippen LogP contribution in [0.5, 0.6) is 0 Å². The van der Waals surface area contributed by atoms with Gasteiger partial charge < -0.3 is 4.57 Å². The zero-order valence-corrected chi connectivity index (χ0v) is 16.3. The predicted octanol–water partition coefficient (Wildman–Crippen LogP) is 5.34. The van der Waals surface area contributed by atoms with Gasteiger partial charge in [0.05, 0.1) is 10.9 Å². The van der Waals surface area contributed by atoms with Gasteiger partial charge in [0.25, 0.3) is 5.56 Å². The summed E-state index contributed by atoms with van der Waals surface area (Å²) in [5.74, 6) is 0.273. The molecule has 6 rings (SSSR count). The Labute approximate surface area is 173 Å². The molecule has 2 unspecified atom stereocenters. The smallest absolute Gasteiger partial charge is 0.259 e. The summed E-state index contributed by atoms with van der Waals surface area (Å²) in [6.07, 6.45) is 6.43. The highest BCUT2D eigenvalue weighted by Crippen LogP contribution is 2.50. The van der Waals surface area contributed by atoms with Gasteiger partial charge in [0.15, 0.2) is 0 Å². The molecule has 5 aromatic rings. The van der Waals surface area contributed by atoms with Gasteiger partial charge in [-0.2, -0.15) is 0 Å². The van der Waals surface area contributed by atoms with E-state index in [1.165, 1.54) is 0 Å². The third-order valence-electron chi connectivity index (χ3n) is 6.05. The van der Waals surface area contributed by atoms with Crippen molar-refractivity contribution in [2.24, 2.45) is 0 Å². The van der Waals surface area contributed by atoms with Crippen molar-refractivity contribution in [3.05, 3.63) is 107 Å². The molecule has 144 valence electrons. The van der Waals surface area contributed by atoms with Crippen molar-refractivity contribution in [1.82, 2.24) is 14.5 Å². The van der Waals surface area contributed by atoms with Crippen LogP contribution in [0.4, 0.5) is 0 Å². The summed E-state index contributed by atoms with van der Waals surface area (Å²) in [4.78, 5) is 22.6. The molecule has 1 saturated carbocycles. The van der Waals surface area contributed by atoms with Crippen molar-refractivity contribution < 1.29 is 0 Å². The highest BCUT2D eigenvalue weighted by Gasteiger charge is 2.41. The van der Waals surface area contributed by atoms with E-state index in [-0.39, 0.29) is 17.5 Å². The molecule has 2 atom stereocenters. The van der Waals surface area contributed by atoms with E-state index in [2.05, 4.69) is 23.2 Å². The molecule has 3 aromatic heterocycles. The molecule has 4 heteroatoms. The summed E-state index contributed by atoms with van der Waals surface area (Å²) in [7, 11) is 0. The van der Waals surface area contributed by atoms with Crippen molar-refractivity contribution in [3.63, 3.8) is 0 Å². The average molecular weight is 389 g/mol. The van der Waals surface area contributed by atoms with Gasteiger partial charge in [0.1, 0.15) is 0 Å². The van der Waals surface area contributed by atoms with Gasteiger partial charge in [-0.3, -0.25) is 14.8 Å². The Morgan fingerprint density at radius 3 is 2.67 bits per heavy atom. The monoisotopic (exact) mass is 389 g/mol. The molecule has 1 fully saturated rings. The lowest BCUT2D eigenvalue weighted by Gasteiger charge is -2.11. The molecular weight excluding hydrogens is 370 g/mol. The van der Waals surface area contributed by atoms with Crippen molar-refractivity contribution >= 4 is 21.7 Å². The van der Waals surface area contributed by atoms with E-state index >= 15 is 0 Å². The maximum absolute atomic E-state index is 13.5. The second kappa shape index (κ2) is 6.63. The average Bonchev–Trinajstić information content (AvgIpc) is 3.60. The van der Waals surface area contributed by atoms with Crippen molar-refractivity contribution in [2.45, 2.75) is 18.4 Å². The maximum atomic E-state index is 13.5. The van der Waals surface area contributed by atoms with Crippen LogP contribution in [0, 0.1) is 0 Å².